The van der Waals surface area contributed by atoms with Gasteiger partial charge in [0.15, 0.2) is 11.5 Å². The second kappa shape index (κ2) is 10.5. The van der Waals surface area contributed by atoms with Gasteiger partial charge in [0.1, 0.15) is 5.82 Å². The van der Waals surface area contributed by atoms with Crippen molar-refractivity contribution < 1.29 is 36.6 Å². The molecule has 11 heteroatoms. The van der Waals surface area contributed by atoms with E-state index < -0.39 is 23.5 Å². The van der Waals surface area contributed by atoms with E-state index in [-0.39, 0.29) is 23.7 Å². The van der Waals surface area contributed by atoms with Crippen LogP contribution in [0.1, 0.15) is 37.4 Å². The van der Waals surface area contributed by atoms with E-state index in [1.54, 1.807) is 35.4 Å². The van der Waals surface area contributed by atoms with Crippen molar-refractivity contribution in [2.45, 2.75) is 19.1 Å². The van der Waals surface area contributed by atoms with Gasteiger partial charge in [-0.2, -0.15) is 13.2 Å². The number of amides is 2. The zero-order valence-corrected chi connectivity index (χ0v) is 21.4. The minimum Gasteiger partial charge on any atom is -0.493 e. The van der Waals surface area contributed by atoms with Crippen LogP contribution in [0.4, 0.5) is 23.2 Å². The van der Waals surface area contributed by atoms with Gasteiger partial charge in [-0.3, -0.25) is 14.6 Å². The summed E-state index contributed by atoms with van der Waals surface area (Å²) >= 11 is 0. The van der Waals surface area contributed by atoms with E-state index >= 15 is 0 Å². The van der Waals surface area contributed by atoms with Crippen molar-refractivity contribution in [3.05, 3.63) is 94.4 Å². The molecular formula is C29H23F4N3O4. The molecule has 40 heavy (non-hydrogen) atoms. The van der Waals surface area contributed by atoms with Crippen molar-refractivity contribution in [1.82, 2.24) is 9.88 Å². The molecule has 4 aromatic rings. The van der Waals surface area contributed by atoms with E-state index in [4.69, 9.17) is 9.47 Å². The van der Waals surface area contributed by atoms with Crippen molar-refractivity contribution in [2.24, 2.45) is 0 Å². The number of anilines is 1. The zero-order valence-electron chi connectivity index (χ0n) is 21.4. The number of halogens is 4. The first kappa shape index (κ1) is 26.9. The van der Waals surface area contributed by atoms with Gasteiger partial charge in [-0.15, -0.1) is 0 Å². The summed E-state index contributed by atoms with van der Waals surface area (Å²) in [6.07, 6.45) is -2.92. The van der Waals surface area contributed by atoms with Crippen LogP contribution < -0.4 is 14.8 Å². The molecule has 1 N–H and O–H groups in total. The van der Waals surface area contributed by atoms with E-state index in [1.807, 2.05) is 6.07 Å². The molecule has 206 valence electrons. The maximum absolute atomic E-state index is 13.7. The highest BCUT2D eigenvalue weighted by Gasteiger charge is 2.34. The number of benzene rings is 3. The Morgan fingerprint density at radius 2 is 1.80 bits per heavy atom. The third kappa shape index (κ3) is 5.02. The molecule has 0 saturated carbocycles. The molecule has 1 aromatic heterocycles. The summed E-state index contributed by atoms with van der Waals surface area (Å²) in [6, 6.07) is 12.3. The number of pyridine rings is 1. The molecular weight excluding hydrogens is 530 g/mol. The minimum atomic E-state index is -4.91. The van der Waals surface area contributed by atoms with Crippen LogP contribution in [0.25, 0.3) is 10.9 Å². The van der Waals surface area contributed by atoms with E-state index in [0.717, 1.165) is 17.0 Å². The lowest BCUT2D eigenvalue weighted by molar-refractivity contribution is -0.139. The van der Waals surface area contributed by atoms with Crippen LogP contribution in [0.5, 0.6) is 11.5 Å². The number of rotatable bonds is 6. The molecule has 1 aliphatic heterocycles. The van der Waals surface area contributed by atoms with Gasteiger partial charge in [0, 0.05) is 47.6 Å². The highest BCUT2D eigenvalue weighted by Crippen LogP contribution is 2.35. The minimum absolute atomic E-state index is 0.162. The summed E-state index contributed by atoms with van der Waals surface area (Å²) in [5.41, 5.74) is 0.802. The quantitative estimate of drug-likeness (QED) is 0.303. The van der Waals surface area contributed by atoms with Gasteiger partial charge in [0.05, 0.1) is 25.3 Å². The van der Waals surface area contributed by atoms with Crippen LogP contribution in [0.15, 0.2) is 60.8 Å². The maximum Gasteiger partial charge on any atom is 0.419 e. The van der Waals surface area contributed by atoms with E-state index in [9.17, 15) is 27.2 Å². The van der Waals surface area contributed by atoms with Crippen molar-refractivity contribution >= 4 is 28.4 Å². The van der Waals surface area contributed by atoms with Gasteiger partial charge in [0.25, 0.3) is 11.8 Å². The third-order valence-electron chi connectivity index (χ3n) is 6.80. The Morgan fingerprint density at radius 1 is 1.05 bits per heavy atom. The summed E-state index contributed by atoms with van der Waals surface area (Å²) in [5.74, 6) is -1.36. The number of hydrogen-bond donors (Lipinski definition) is 1. The molecule has 2 amide bonds. The van der Waals surface area contributed by atoms with Gasteiger partial charge in [-0.1, -0.05) is 6.07 Å². The number of carbonyl (C=O) groups excluding carboxylic acids is 2. The smallest absolute Gasteiger partial charge is 0.419 e. The van der Waals surface area contributed by atoms with Crippen molar-refractivity contribution in [3.63, 3.8) is 0 Å². The fraction of sp³-hybridized carbons (Fsp3) is 0.207. The van der Waals surface area contributed by atoms with Gasteiger partial charge in [-0.05, 0) is 60.0 Å². The summed E-state index contributed by atoms with van der Waals surface area (Å²) in [4.78, 5) is 32.6. The fourth-order valence-corrected chi connectivity index (χ4v) is 4.83. The summed E-state index contributed by atoms with van der Waals surface area (Å²) in [7, 11) is 3.06. The SMILES string of the molecule is COc1cc2nccc(CN3CCc4c(C(=O)Nc5ccc(F)c(C(F)(F)F)c5)cccc4C3=O)c2cc1OC. The van der Waals surface area contributed by atoms with Crippen LogP contribution in [0.3, 0.4) is 0 Å². The summed E-state index contributed by atoms with van der Waals surface area (Å²) in [5, 5.41) is 3.19. The molecule has 2 heterocycles. The number of ether oxygens (including phenoxy) is 2. The Labute approximate surface area is 226 Å². The standard InChI is InChI=1S/C29H23F4N3O4/c1-39-25-13-21-16(8-10-34-24(21)14-26(25)40-2)15-36-11-9-18-19(4-3-5-20(18)28(36)38)27(37)35-17-6-7-23(30)22(12-17)29(31,32)33/h3-8,10,12-14H,9,11,15H2,1-2H3,(H,35,37). The Bertz CT molecular complexity index is 1640. The second-order valence-corrected chi connectivity index (χ2v) is 9.15. The highest BCUT2D eigenvalue weighted by atomic mass is 19.4. The van der Waals surface area contributed by atoms with Crippen LogP contribution in [0, 0.1) is 5.82 Å². The van der Waals surface area contributed by atoms with Gasteiger partial charge >= 0.3 is 6.18 Å². The maximum atomic E-state index is 13.7. The lowest BCUT2D eigenvalue weighted by Gasteiger charge is -2.30. The van der Waals surface area contributed by atoms with E-state index in [2.05, 4.69) is 10.3 Å². The Kier molecular flexibility index (Phi) is 7.05. The first-order valence-corrected chi connectivity index (χ1v) is 12.2. The molecule has 0 unspecified atom stereocenters. The lowest BCUT2D eigenvalue weighted by Crippen LogP contribution is -2.38. The molecule has 0 spiro atoms. The van der Waals surface area contributed by atoms with Crippen LogP contribution >= 0.6 is 0 Å². The van der Waals surface area contributed by atoms with Crippen LogP contribution in [-0.2, 0) is 19.1 Å². The number of carbonyl (C=O) groups is 2. The lowest BCUT2D eigenvalue weighted by atomic mass is 9.93. The Balaban J connectivity index is 1.40. The Morgan fingerprint density at radius 3 is 2.52 bits per heavy atom. The van der Waals surface area contributed by atoms with Crippen LogP contribution in [0.2, 0.25) is 0 Å². The number of nitrogens with one attached hydrogen (secondary N) is 1. The highest BCUT2D eigenvalue weighted by molar-refractivity contribution is 6.08. The van der Waals surface area contributed by atoms with Crippen molar-refractivity contribution in [2.75, 3.05) is 26.1 Å². The van der Waals surface area contributed by atoms with Crippen molar-refractivity contribution in [3.8, 4) is 11.5 Å². The predicted octanol–water partition coefficient (Wildman–Crippen LogP) is 5.86. The molecule has 3 aromatic carbocycles. The fourth-order valence-electron chi connectivity index (χ4n) is 4.83. The molecule has 0 radical (unpaired) electrons. The number of methoxy groups -OCH3 is 2. The van der Waals surface area contributed by atoms with Gasteiger partial charge < -0.3 is 19.7 Å². The van der Waals surface area contributed by atoms with Gasteiger partial charge in [0.2, 0.25) is 0 Å². The Hall–Kier alpha value is -4.67. The number of hydrogen-bond acceptors (Lipinski definition) is 5. The first-order chi connectivity index (χ1) is 19.1. The van der Waals surface area contributed by atoms with Crippen molar-refractivity contribution in [1.29, 1.82) is 0 Å². The van der Waals surface area contributed by atoms with E-state index in [1.165, 1.54) is 20.3 Å². The average Bonchev–Trinajstić information content (AvgIpc) is 2.94. The predicted molar refractivity (Wildman–Crippen MR) is 139 cm³/mol. The first-order valence-electron chi connectivity index (χ1n) is 12.2. The number of nitrogens with zero attached hydrogens (tertiary/aromatic N) is 2. The van der Waals surface area contributed by atoms with E-state index in [0.29, 0.717) is 53.2 Å². The zero-order chi connectivity index (χ0) is 28.6. The largest absolute Gasteiger partial charge is 0.493 e. The molecule has 0 fully saturated rings. The molecule has 0 aliphatic carbocycles. The molecule has 0 saturated heterocycles. The molecule has 7 nitrogen and oxygen atoms in total. The molecule has 5 rings (SSSR count). The molecule has 1 aliphatic rings. The number of alkyl halides is 3. The summed E-state index contributed by atoms with van der Waals surface area (Å²) in [6.45, 7) is 0.584. The summed E-state index contributed by atoms with van der Waals surface area (Å²) < 4.78 is 63.7. The third-order valence-corrected chi connectivity index (χ3v) is 6.80. The monoisotopic (exact) mass is 553 g/mol. The normalized spacial score (nSPS) is 13.2. The van der Waals surface area contributed by atoms with Crippen LogP contribution in [-0.4, -0.2) is 42.5 Å². The van der Waals surface area contributed by atoms with Gasteiger partial charge in [-0.25, -0.2) is 4.39 Å². The average molecular weight is 554 g/mol. The number of aromatic nitrogens is 1. The second-order valence-electron chi connectivity index (χ2n) is 9.15. The number of fused-ring (bicyclic) bond motifs is 2. The molecule has 0 atom stereocenters. The topological polar surface area (TPSA) is 80.8 Å². The molecule has 0 bridgehead atoms.